The molecule has 0 radical (unpaired) electrons. The Labute approximate surface area is 168 Å². The highest BCUT2D eigenvalue weighted by Crippen LogP contribution is 2.33. The smallest absolute Gasteiger partial charge is 0.338 e. The molecule has 0 aromatic heterocycles. The number of phenolic OH excluding ortho intramolecular Hbond substituents is 1. The van der Waals surface area contributed by atoms with Crippen LogP contribution in [0.5, 0.6) is 11.5 Å². The number of thiocarbonyl (C=S) groups is 1. The molecule has 1 aliphatic heterocycles. The van der Waals surface area contributed by atoms with Crippen LogP contribution in [-0.2, 0) is 19.1 Å². The first-order chi connectivity index (χ1) is 13.2. The molecule has 1 heterocycles. The first-order valence-corrected chi connectivity index (χ1v) is 8.80. The summed E-state index contributed by atoms with van der Waals surface area (Å²) in [5.41, 5.74) is 1.76. The summed E-state index contributed by atoms with van der Waals surface area (Å²) in [4.78, 5) is 24.0. The predicted octanol–water partition coefficient (Wildman–Crippen LogP) is 1.86. The van der Waals surface area contributed by atoms with Gasteiger partial charge in [0.15, 0.2) is 16.6 Å². The number of nitrogens with one attached hydrogen (secondary N) is 2. The third-order valence-corrected chi connectivity index (χ3v) is 4.14. The van der Waals surface area contributed by atoms with Crippen molar-refractivity contribution in [2.45, 2.75) is 19.9 Å². The van der Waals surface area contributed by atoms with Gasteiger partial charge in [-0.25, -0.2) is 9.59 Å². The van der Waals surface area contributed by atoms with Gasteiger partial charge in [-0.15, -0.1) is 0 Å². The van der Waals surface area contributed by atoms with Gasteiger partial charge in [-0.05, 0) is 43.8 Å². The molecule has 1 aromatic rings. The van der Waals surface area contributed by atoms with Crippen molar-refractivity contribution < 1.29 is 28.9 Å². The van der Waals surface area contributed by atoms with E-state index >= 15 is 0 Å². The van der Waals surface area contributed by atoms with Crippen molar-refractivity contribution in [1.82, 2.24) is 10.6 Å². The number of benzene rings is 1. The Kier molecular flexibility index (Phi) is 7.00. The molecule has 1 aromatic carbocycles. The van der Waals surface area contributed by atoms with Crippen LogP contribution in [0.1, 0.15) is 25.5 Å². The fourth-order valence-corrected chi connectivity index (χ4v) is 2.83. The third kappa shape index (κ3) is 5.01. The molecule has 1 unspecified atom stereocenters. The summed E-state index contributed by atoms with van der Waals surface area (Å²) < 4.78 is 15.3. The minimum atomic E-state index is -0.603. The molecule has 9 heteroatoms. The lowest BCUT2D eigenvalue weighted by atomic mass is 9.95. The maximum absolute atomic E-state index is 12.7. The Balaban J connectivity index is 2.17. The normalized spacial score (nSPS) is 16.0. The molecule has 0 spiro atoms. The van der Waals surface area contributed by atoms with Crippen LogP contribution in [0.25, 0.3) is 0 Å². The maximum atomic E-state index is 12.7. The molecular formula is C19H22N2O6S. The van der Waals surface area contributed by atoms with E-state index in [9.17, 15) is 14.7 Å². The predicted molar refractivity (Wildman–Crippen MR) is 106 cm³/mol. The molecule has 150 valence electrons. The van der Waals surface area contributed by atoms with Crippen molar-refractivity contribution >= 4 is 29.3 Å². The van der Waals surface area contributed by atoms with Crippen molar-refractivity contribution in [2.24, 2.45) is 0 Å². The van der Waals surface area contributed by atoms with Crippen molar-refractivity contribution in [3.8, 4) is 11.5 Å². The van der Waals surface area contributed by atoms with Crippen LogP contribution >= 0.6 is 12.2 Å². The van der Waals surface area contributed by atoms with E-state index in [1.54, 1.807) is 19.1 Å². The summed E-state index contributed by atoms with van der Waals surface area (Å²) in [6, 6.07) is 4.12. The number of allylic oxidation sites excluding steroid dienone is 1. The van der Waals surface area contributed by atoms with Gasteiger partial charge >= 0.3 is 11.9 Å². The second kappa shape index (κ2) is 9.23. The topological polar surface area (TPSA) is 106 Å². The average molecular weight is 406 g/mol. The molecule has 0 amide bonds. The zero-order valence-electron chi connectivity index (χ0n) is 15.8. The molecule has 0 saturated carbocycles. The number of hydrogen-bond acceptors (Lipinski definition) is 7. The number of ether oxygens (including phenoxy) is 3. The largest absolute Gasteiger partial charge is 0.504 e. The van der Waals surface area contributed by atoms with Crippen LogP contribution in [0.3, 0.4) is 0 Å². The molecular weight excluding hydrogens is 384 g/mol. The van der Waals surface area contributed by atoms with Gasteiger partial charge in [-0.2, -0.15) is 0 Å². The van der Waals surface area contributed by atoms with Crippen molar-refractivity contribution in [2.75, 3.05) is 20.3 Å². The number of hydrogen-bond donors (Lipinski definition) is 3. The third-order valence-electron chi connectivity index (χ3n) is 3.92. The molecule has 1 atom stereocenters. The lowest BCUT2D eigenvalue weighted by Crippen LogP contribution is -2.45. The number of carbonyl (C=O) groups excluding carboxylic acids is 2. The Hall–Kier alpha value is -3.07. The number of aromatic hydroxyl groups is 1. The lowest BCUT2D eigenvalue weighted by Gasteiger charge is -2.30. The number of rotatable bonds is 7. The molecule has 3 N–H and O–H groups in total. The van der Waals surface area contributed by atoms with E-state index in [1.807, 2.05) is 0 Å². The Morgan fingerprint density at radius 3 is 2.61 bits per heavy atom. The van der Waals surface area contributed by atoms with Gasteiger partial charge in [0, 0.05) is 11.3 Å². The van der Waals surface area contributed by atoms with E-state index in [1.165, 1.54) is 20.1 Å². The van der Waals surface area contributed by atoms with Gasteiger partial charge in [-0.1, -0.05) is 12.6 Å². The van der Waals surface area contributed by atoms with Crippen LogP contribution < -0.4 is 15.4 Å². The molecule has 0 bridgehead atoms. The van der Waals surface area contributed by atoms with Gasteiger partial charge in [-0.3, -0.25) is 0 Å². The minimum absolute atomic E-state index is 0.0214. The van der Waals surface area contributed by atoms with E-state index < -0.39 is 18.0 Å². The fourth-order valence-electron chi connectivity index (χ4n) is 2.56. The summed E-state index contributed by atoms with van der Waals surface area (Å²) in [7, 11) is 1.43. The molecule has 0 aliphatic carbocycles. The van der Waals surface area contributed by atoms with Gasteiger partial charge in [0.25, 0.3) is 0 Å². The quantitative estimate of drug-likeness (QED) is 0.271. The van der Waals surface area contributed by atoms with Gasteiger partial charge in [0.2, 0.25) is 0 Å². The maximum Gasteiger partial charge on any atom is 0.338 e. The Morgan fingerprint density at radius 2 is 1.96 bits per heavy atom. The van der Waals surface area contributed by atoms with Gasteiger partial charge < -0.3 is 30.0 Å². The number of methoxy groups -OCH3 is 1. The molecule has 1 aliphatic rings. The zero-order valence-corrected chi connectivity index (χ0v) is 16.6. The SMILES string of the molecule is C=C(C)C(=O)OCCOC(=O)C1=C(C)NC(=S)NC1c1ccc(O)c(OC)c1. The lowest BCUT2D eigenvalue weighted by molar-refractivity contribution is -0.147. The first kappa shape index (κ1) is 21.2. The second-order valence-corrected chi connectivity index (χ2v) is 6.46. The standard InChI is InChI=1S/C19H22N2O6S/c1-10(2)17(23)26-7-8-27-18(24)15-11(3)20-19(28)21-16(15)12-5-6-13(22)14(9-12)25-4/h5-6,9,16,22H,1,7-8H2,2-4H3,(H2,20,21,28). The van der Waals surface area contributed by atoms with Crippen molar-refractivity contribution in [3.63, 3.8) is 0 Å². The molecule has 8 nitrogen and oxygen atoms in total. The second-order valence-electron chi connectivity index (χ2n) is 6.05. The van der Waals surface area contributed by atoms with E-state index in [2.05, 4.69) is 17.2 Å². The highest BCUT2D eigenvalue weighted by Gasteiger charge is 2.31. The number of esters is 2. The molecule has 0 saturated heterocycles. The monoisotopic (exact) mass is 406 g/mol. The van der Waals surface area contributed by atoms with E-state index in [-0.39, 0.29) is 30.3 Å². The molecule has 2 rings (SSSR count). The number of phenols is 1. The zero-order chi connectivity index (χ0) is 20.8. The van der Waals surface area contributed by atoms with Crippen LogP contribution in [0.15, 0.2) is 41.6 Å². The van der Waals surface area contributed by atoms with Gasteiger partial charge in [0.1, 0.15) is 13.2 Å². The van der Waals surface area contributed by atoms with Crippen LogP contribution in [0.4, 0.5) is 0 Å². The summed E-state index contributed by atoms with van der Waals surface area (Å²) >= 11 is 5.19. The van der Waals surface area contributed by atoms with E-state index in [0.717, 1.165) is 0 Å². The summed E-state index contributed by atoms with van der Waals surface area (Å²) in [5.74, 6) is -0.900. The van der Waals surface area contributed by atoms with Crippen LogP contribution in [0, 0.1) is 0 Å². The van der Waals surface area contributed by atoms with Gasteiger partial charge in [0.05, 0.1) is 18.7 Å². The van der Waals surface area contributed by atoms with Crippen molar-refractivity contribution in [3.05, 3.63) is 47.2 Å². The fraction of sp³-hybridized carbons (Fsp3) is 0.316. The minimum Gasteiger partial charge on any atom is -0.504 e. The summed E-state index contributed by atoms with van der Waals surface area (Å²) in [6.45, 7) is 6.52. The Morgan fingerprint density at radius 1 is 1.29 bits per heavy atom. The number of carbonyl (C=O) groups is 2. The van der Waals surface area contributed by atoms with Crippen LogP contribution in [-0.4, -0.2) is 42.5 Å². The summed E-state index contributed by atoms with van der Waals surface area (Å²) in [6.07, 6.45) is 0. The highest BCUT2D eigenvalue weighted by atomic mass is 32.1. The van der Waals surface area contributed by atoms with E-state index in [0.29, 0.717) is 21.9 Å². The van der Waals surface area contributed by atoms with E-state index in [4.69, 9.17) is 26.4 Å². The average Bonchev–Trinajstić information content (AvgIpc) is 2.64. The first-order valence-electron chi connectivity index (χ1n) is 8.39. The summed E-state index contributed by atoms with van der Waals surface area (Å²) in [5, 5.41) is 16.1. The molecule has 0 fully saturated rings. The molecule has 28 heavy (non-hydrogen) atoms. The highest BCUT2D eigenvalue weighted by molar-refractivity contribution is 7.80. The Bertz CT molecular complexity index is 849. The van der Waals surface area contributed by atoms with Crippen LogP contribution in [0.2, 0.25) is 0 Å². The van der Waals surface area contributed by atoms with Crippen molar-refractivity contribution in [1.29, 1.82) is 0 Å².